The number of hydrogen-bond acceptors (Lipinski definition) is 5. The third-order valence-electron chi connectivity index (χ3n) is 2.85. The molecule has 0 aliphatic heterocycles. The van der Waals surface area contributed by atoms with E-state index in [-0.39, 0.29) is 17.1 Å². The van der Waals surface area contributed by atoms with E-state index in [0.717, 1.165) is 0 Å². The molecule has 1 amide bonds. The molecule has 7 nitrogen and oxygen atoms in total. The van der Waals surface area contributed by atoms with Gasteiger partial charge in [-0.3, -0.25) is 9.59 Å². The molecule has 0 bridgehead atoms. The average molecular weight is 315 g/mol. The Morgan fingerprint density at radius 2 is 2.05 bits per heavy atom. The van der Waals surface area contributed by atoms with Crippen molar-refractivity contribution in [2.75, 3.05) is 18.0 Å². The summed E-state index contributed by atoms with van der Waals surface area (Å²) in [7, 11) is 0. The van der Waals surface area contributed by atoms with Crippen molar-refractivity contribution in [3.8, 4) is 0 Å². The topological polar surface area (TPSA) is 95.4 Å². The zero-order valence-electron chi connectivity index (χ0n) is 12.3. The van der Waals surface area contributed by atoms with E-state index in [2.05, 4.69) is 15.3 Å². The lowest BCUT2D eigenvalue weighted by Gasteiger charge is -2.19. The molecule has 0 fully saturated rings. The lowest BCUT2D eigenvalue weighted by Crippen LogP contribution is -2.35. The van der Waals surface area contributed by atoms with Crippen LogP contribution in [-0.4, -0.2) is 46.1 Å². The number of rotatable bonds is 7. The number of carbonyl (C=O) groups excluding carboxylic acids is 1. The lowest BCUT2D eigenvalue weighted by atomic mass is 10.2. The first kappa shape index (κ1) is 17.2. The van der Waals surface area contributed by atoms with Crippen LogP contribution in [0.25, 0.3) is 0 Å². The molecule has 0 aliphatic rings. The van der Waals surface area contributed by atoms with E-state index in [9.17, 15) is 9.59 Å². The van der Waals surface area contributed by atoms with E-state index >= 15 is 0 Å². The number of hydrogen-bond donors (Lipinski definition) is 2. The summed E-state index contributed by atoms with van der Waals surface area (Å²) in [5.74, 6) is -1.08. The van der Waals surface area contributed by atoms with Crippen LogP contribution in [0.3, 0.4) is 0 Å². The van der Waals surface area contributed by atoms with Gasteiger partial charge in [0.25, 0.3) is 5.91 Å². The van der Waals surface area contributed by atoms with E-state index in [4.69, 9.17) is 16.7 Å². The largest absolute Gasteiger partial charge is 0.481 e. The maximum atomic E-state index is 12.1. The van der Waals surface area contributed by atoms with E-state index < -0.39 is 17.9 Å². The molecular weight excluding hydrogens is 296 g/mol. The van der Waals surface area contributed by atoms with Gasteiger partial charge in [0, 0.05) is 19.1 Å². The van der Waals surface area contributed by atoms with Crippen LogP contribution in [0.1, 0.15) is 37.7 Å². The van der Waals surface area contributed by atoms with Gasteiger partial charge in [-0.2, -0.15) is 0 Å². The van der Waals surface area contributed by atoms with Crippen molar-refractivity contribution in [2.45, 2.75) is 33.2 Å². The Kier molecular flexibility index (Phi) is 6.36. The molecule has 1 rings (SSSR count). The Bertz CT molecular complexity index is 520. The highest BCUT2D eigenvalue weighted by molar-refractivity contribution is 6.33. The van der Waals surface area contributed by atoms with Gasteiger partial charge in [-0.15, -0.1) is 0 Å². The fourth-order valence-electron chi connectivity index (χ4n) is 1.78. The minimum Gasteiger partial charge on any atom is -0.481 e. The summed E-state index contributed by atoms with van der Waals surface area (Å²) in [4.78, 5) is 32.9. The molecule has 0 aromatic carbocycles. The summed E-state index contributed by atoms with van der Waals surface area (Å²) in [6.45, 7) is 6.92. The number of nitrogens with one attached hydrogen (secondary N) is 1. The number of aliphatic carboxylic acids is 1. The second-order valence-corrected chi connectivity index (χ2v) is 4.92. The van der Waals surface area contributed by atoms with E-state index in [1.165, 1.54) is 6.20 Å². The minimum absolute atomic E-state index is 0.0470. The smallest absolute Gasteiger partial charge is 0.305 e. The third-order valence-corrected chi connectivity index (χ3v) is 3.13. The van der Waals surface area contributed by atoms with Crippen LogP contribution < -0.4 is 10.2 Å². The van der Waals surface area contributed by atoms with Gasteiger partial charge >= 0.3 is 5.97 Å². The molecule has 8 heteroatoms. The number of carboxylic acids is 1. The highest BCUT2D eigenvalue weighted by atomic mass is 35.5. The predicted molar refractivity (Wildman–Crippen MR) is 79.8 cm³/mol. The molecule has 1 atom stereocenters. The van der Waals surface area contributed by atoms with Crippen LogP contribution in [-0.2, 0) is 4.79 Å². The van der Waals surface area contributed by atoms with Crippen LogP contribution >= 0.6 is 11.6 Å². The van der Waals surface area contributed by atoms with Crippen LogP contribution in [0.5, 0.6) is 0 Å². The summed E-state index contributed by atoms with van der Waals surface area (Å²) in [5.41, 5.74) is 0.0470. The van der Waals surface area contributed by atoms with Crippen molar-refractivity contribution in [1.82, 2.24) is 15.3 Å². The lowest BCUT2D eigenvalue weighted by molar-refractivity contribution is -0.137. The van der Waals surface area contributed by atoms with Gasteiger partial charge in [-0.1, -0.05) is 11.6 Å². The molecule has 1 heterocycles. The fraction of sp³-hybridized carbons (Fsp3) is 0.538. The number of halogens is 1. The number of anilines is 1. The van der Waals surface area contributed by atoms with Crippen LogP contribution in [0, 0.1) is 0 Å². The summed E-state index contributed by atoms with van der Waals surface area (Å²) in [6.07, 6.45) is 1.20. The molecule has 0 radical (unpaired) electrons. The van der Waals surface area contributed by atoms with Gasteiger partial charge in [0.1, 0.15) is 0 Å². The molecule has 0 saturated carbocycles. The Morgan fingerprint density at radius 1 is 1.43 bits per heavy atom. The Hall–Kier alpha value is -1.89. The van der Waals surface area contributed by atoms with Gasteiger partial charge in [0.2, 0.25) is 5.95 Å². The van der Waals surface area contributed by atoms with Gasteiger partial charge < -0.3 is 15.3 Å². The molecule has 0 spiro atoms. The molecule has 1 aromatic heterocycles. The molecule has 21 heavy (non-hydrogen) atoms. The van der Waals surface area contributed by atoms with Crippen molar-refractivity contribution in [3.63, 3.8) is 0 Å². The summed E-state index contributed by atoms with van der Waals surface area (Å²) >= 11 is 5.95. The monoisotopic (exact) mass is 314 g/mol. The van der Waals surface area contributed by atoms with Crippen LogP contribution in [0.4, 0.5) is 5.95 Å². The fourth-order valence-corrected chi connectivity index (χ4v) is 1.96. The summed E-state index contributed by atoms with van der Waals surface area (Å²) in [5, 5.41) is 11.4. The SMILES string of the molecule is CCN(CC)c1ncc(Cl)c(C(=O)NC(C)CC(=O)O)n1. The Labute approximate surface area is 128 Å². The first-order valence-electron chi connectivity index (χ1n) is 6.69. The van der Waals surface area contributed by atoms with E-state index in [0.29, 0.717) is 19.0 Å². The van der Waals surface area contributed by atoms with Crippen molar-refractivity contribution in [3.05, 3.63) is 16.9 Å². The highest BCUT2D eigenvalue weighted by Crippen LogP contribution is 2.16. The maximum Gasteiger partial charge on any atom is 0.305 e. The Morgan fingerprint density at radius 3 is 2.57 bits per heavy atom. The van der Waals surface area contributed by atoms with Crippen molar-refractivity contribution >= 4 is 29.4 Å². The normalized spacial score (nSPS) is 11.8. The highest BCUT2D eigenvalue weighted by Gasteiger charge is 2.18. The molecule has 0 aliphatic carbocycles. The standard InChI is InChI=1S/C13H19ClN4O3/c1-4-18(5-2)13-15-7-9(14)11(17-13)12(21)16-8(3)6-10(19)20/h7-8H,4-6H2,1-3H3,(H,16,21)(H,19,20). The quantitative estimate of drug-likeness (QED) is 0.793. The zero-order valence-corrected chi connectivity index (χ0v) is 13.0. The number of aromatic nitrogens is 2. The molecule has 0 saturated heterocycles. The van der Waals surface area contributed by atoms with Crippen molar-refractivity contribution in [2.24, 2.45) is 0 Å². The summed E-state index contributed by atoms with van der Waals surface area (Å²) < 4.78 is 0. The number of carbonyl (C=O) groups is 2. The number of carboxylic acid groups (broad SMARTS) is 1. The third kappa shape index (κ3) is 4.86. The number of amides is 1. The van der Waals surface area contributed by atoms with E-state index in [1.807, 2.05) is 18.7 Å². The van der Waals surface area contributed by atoms with Gasteiger partial charge in [-0.25, -0.2) is 9.97 Å². The molecule has 2 N–H and O–H groups in total. The van der Waals surface area contributed by atoms with Gasteiger partial charge in [0.15, 0.2) is 5.69 Å². The van der Waals surface area contributed by atoms with Gasteiger partial charge in [-0.05, 0) is 20.8 Å². The predicted octanol–water partition coefficient (Wildman–Crippen LogP) is 1.57. The molecular formula is C13H19ClN4O3. The first-order chi connectivity index (χ1) is 9.88. The second kappa shape index (κ2) is 7.78. The average Bonchev–Trinajstić information content (AvgIpc) is 2.40. The molecule has 1 unspecified atom stereocenters. The van der Waals surface area contributed by atoms with E-state index in [1.54, 1.807) is 6.92 Å². The first-order valence-corrected chi connectivity index (χ1v) is 7.06. The van der Waals surface area contributed by atoms with Crippen LogP contribution in [0.15, 0.2) is 6.20 Å². The second-order valence-electron chi connectivity index (χ2n) is 4.51. The summed E-state index contributed by atoms with van der Waals surface area (Å²) in [6, 6.07) is -0.516. The number of nitrogens with zero attached hydrogens (tertiary/aromatic N) is 3. The van der Waals surface area contributed by atoms with Crippen LogP contribution in [0.2, 0.25) is 5.02 Å². The van der Waals surface area contributed by atoms with Gasteiger partial charge in [0.05, 0.1) is 17.6 Å². The van der Waals surface area contributed by atoms with Crippen molar-refractivity contribution < 1.29 is 14.7 Å². The molecule has 116 valence electrons. The molecule has 1 aromatic rings. The van der Waals surface area contributed by atoms with Crippen molar-refractivity contribution in [1.29, 1.82) is 0 Å². The minimum atomic E-state index is -0.986. The zero-order chi connectivity index (χ0) is 16.0. The Balaban J connectivity index is 2.93. The maximum absolute atomic E-state index is 12.1.